The Bertz CT molecular complexity index is 1120. The van der Waals surface area contributed by atoms with Crippen LogP contribution >= 0.6 is 0 Å². The molecule has 35 heavy (non-hydrogen) atoms. The number of fused-ring (bicyclic) bond motifs is 1. The van der Waals surface area contributed by atoms with Crippen LogP contribution in [0.5, 0.6) is 11.5 Å². The summed E-state index contributed by atoms with van der Waals surface area (Å²) in [7, 11) is 1.58. The van der Waals surface area contributed by atoms with Gasteiger partial charge in [-0.15, -0.1) is 0 Å². The van der Waals surface area contributed by atoms with Gasteiger partial charge in [-0.05, 0) is 63.5 Å². The van der Waals surface area contributed by atoms with Crippen molar-refractivity contribution in [2.45, 2.75) is 37.3 Å². The van der Waals surface area contributed by atoms with Crippen molar-refractivity contribution in [1.82, 2.24) is 9.80 Å². The molecule has 1 amide bonds. The van der Waals surface area contributed by atoms with Crippen molar-refractivity contribution in [3.8, 4) is 11.5 Å². The van der Waals surface area contributed by atoms with Crippen LogP contribution in [0.25, 0.3) is 0 Å². The highest BCUT2D eigenvalue weighted by atomic mass is 32.2. The summed E-state index contributed by atoms with van der Waals surface area (Å²) >= 11 is 0. The Morgan fingerprint density at radius 2 is 1.91 bits per heavy atom. The predicted molar refractivity (Wildman–Crippen MR) is 134 cm³/mol. The second kappa shape index (κ2) is 11.3. The van der Waals surface area contributed by atoms with Crippen molar-refractivity contribution >= 4 is 21.6 Å². The first-order valence-corrected chi connectivity index (χ1v) is 13.0. The van der Waals surface area contributed by atoms with Crippen LogP contribution in [0.2, 0.25) is 0 Å². The molecule has 1 aliphatic rings. The number of amides is 1. The van der Waals surface area contributed by atoms with Gasteiger partial charge >= 0.3 is 0 Å². The molecule has 192 valence electrons. The highest BCUT2D eigenvalue weighted by molar-refractivity contribution is 7.92. The smallest absolute Gasteiger partial charge is 0.261 e. The Hall–Kier alpha value is -2.82. The monoisotopic (exact) mass is 505 g/mol. The number of sulfonamides is 1. The molecule has 0 aliphatic carbocycles. The summed E-state index contributed by atoms with van der Waals surface area (Å²) < 4.78 is 39.9. The molecule has 9 nitrogen and oxygen atoms in total. The van der Waals surface area contributed by atoms with Gasteiger partial charge in [-0.3, -0.25) is 9.52 Å². The Balaban J connectivity index is 1.95. The fourth-order valence-corrected chi connectivity index (χ4v) is 5.09. The van der Waals surface area contributed by atoms with E-state index in [0.29, 0.717) is 35.8 Å². The molecule has 0 aromatic heterocycles. The number of ether oxygens (including phenoxy) is 2. The summed E-state index contributed by atoms with van der Waals surface area (Å²) in [5, 5.41) is 9.73. The number of hydrogen-bond acceptors (Lipinski definition) is 7. The van der Waals surface area contributed by atoms with Gasteiger partial charge in [0.25, 0.3) is 10.0 Å². The highest BCUT2D eigenvalue weighted by Gasteiger charge is 2.31. The minimum absolute atomic E-state index is 0.00884. The van der Waals surface area contributed by atoms with E-state index in [1.165, 1.54) is 19.2 Å². The van der Waals surface area contributed by atoms with Gasteiger partial charge in [0.1, 0.15) is 17.6 Å². The number of aliphatic hydroxyl groups is 1. The Labute approximate surface area is 207 Å². The summed E-state index contributed by atoms with van der Waals surface area (Å²) in [6.45, 7) is 4.78. The van der Waals surface area contributed by atoms with Crippen LogP contribution < -0.4 is 14.2 Å². The standard InChI is InChI=1S/C25H35N3O6S/c1-17-14-28(18(2)16-29)25(30)13-19-12-20(6-11-23(19)34-24(17)15-27(3)4)26-35(31,32)22-9-7-21(33-5)8-10-22/h6-12,17-18,24,26,29H,13-16H2,1-5H3/t17-,18-,24+/m1/s1. The molecule has 0 unspecified atom stereocenters. The molecule has 0 fully saturated rings. The lowest BCUT2D eigenvalue weighted by atomic mass is 10.0. The Kier molecular flexibility index (Phi) is 8.63. The summed E-state index contributed by atoms with van der Waals surface area (Å²) in [5.41, 5.74) is 0.909. The molecule has 2 N–H and O–H groups in total. The maximum absolute atomic E-state index is 13.2. The van der Waals surface area contributed by atoms with Gasteiger partial charge in [-0.25, -0.2) is 8.42 Å². The minimum Gasteiger partial charge on any atom is -0.497 e. The van der Waals surface area contributed by atoms with Gasteiger partial charge in [0, 0.05) is 30.3 Å². The first-order chi connectivity index (χ1) is 16.5. The molecule has 0 bridgehead atoms. The van der Waals surface area contributed by atoms with E-state index in [2.05, 4.69) is 4.72 Å². The second-order valence-corrected chi connectivity index (χ2v) is 10.9. The zero-order valence-electron chi connectivity index (χ0n) is 20.9. The number of benzene rings is 2. The summed E-state index contributed by atoms with van der Waals surface area (Å²) in [6.07, 6.45) is -0.177. The van der Waals surface area contributed by atoms with Crippen molar-refractivity contribution in [3.05, 3.63) is 48.0 Å². The number of anilines is 1. The van der Waals surface area contributed by atoms with Crippen LogP contribution in [0.1, 0.15) is 19.4 Å². The van der Waals surface area contributed by atoms with E-state index in [1.54, 1.807) is 35.2 Å². The highest BCUT2D eigenvalue weighted by Crippen LogP contribution is 2.30. The van der Waals surface area contributed by atoms with Crippen LogP contribution in [0.3, 0.4) is 0 Å². The zero-order valence-corrected chi connectivity index (χ0v) is 21.7. The number of aliphatic hydroxyl groups excluding tert-OH is 1. The average molecular weight is 506 g/mol. The molecule has 0 saturated carbocycles. The lowest BCUT2D eigenvalue weighted by Crippen LogP contribution is -2.47. The lowest BCUT2D eigenvalue weighted by molar-refractivity contribution is -0.134. The first kappa shape index (κ1) is 26.8. The lowest BCUT2D eigenvalue weighted by Gasteiger charge is -2.33. The topological polar surface area (TPSA) is 108 Å². The molecule has 0 spiro atoms. The number of hydrogen-bond donors (Lipinski definition) is 2. The molecule has 3 rings (SSSR count). The van der Waals surface area contributed by atoms with Crippen molar-refractivity contribution in [2.75, 3.05) is 45.6 Å². The van der Waals surface area contributed by atoms with Crippen molar-refractivity contribution in [1.29, 1.82) is 0 Å². The van der Waals surface area contributed by atoms with Crippen molar-refractivity contribution in [3.63, 3.8) is 0 Å². The number of carbonyl (C=O) groups excluding carboxylic acids is 1. The molecule has 0 radical (unpaired) electrons. The minimum atomic E-state index is -3.85. The molecule has 1 heterocycles. The maximum Gasteiger partial charge on any atom is 0.261 e. The summed E-state index contributed by atoms with van der Waals surface area (Å²) in [4.78, 5) is 17.0. The zero-order chi connectivity index (χ0) is 25.8. The van der Waals surface area contributed by atoms with E-state index < -0.39 is 10.0 Å². The molecule has 10 heteroatoms. The number of nitrogens with one attached hydrogen (secondary N) is 1. The van der Waals surface area contributed by atoms with E-state index in [9.17, 15) is 18.3 Å². The molecular weight excluding hydrogens is 470 g/mol. The van der Waals surface area contributed by atoms with Crippen LogP contribution in [0.4, 0.5) is 5.69 Å². The third-order valence-electron chi connectivity index (χ3n) is 6.08. The van der Waals surface area contributed by atoms with Crippen LogP contribution in [0, 0.1) is 5.92 Å². The maximum atomic E-state index is 13.2. The van der Waals surface area contributed by atoms with Gasteiger partial charge in [-0.1, -0.05) is 6.92 Å². The van der Waals surface area contributed by atoms with Gasteiger partial charge in [0.15, 0.2) is 0 Å². The van der Waals surface area contributed by atoms with Crippen LogP contribution in [-0.2, 0) is 21.2 Å². The van der Waals surface area contributed by atoms with Crippen LogP contribution in [-0.4, -0.2) is 82.3 Å². The van der Waals surface area contributed by atoms with Gasteiger partial charge in [-0.2, -0.15) is 0 Å². The molecular formula is C25H35N3O6S. The quantitative estimate of drug-likeness (QED) is 0.566. The average Bonchev–Trinajstić information content (AvgIpc) is 2.86. The first-order valence-electron chi connectivity index (χ1n) is 11.6. The normalized spacial score (nSPS) is 19.7. The molecule has 1 aliphatic heterocycles. The van der Waals surface area contributed by atoms with E-state index in [1.807, 2.05) is 32.8 Å². The third kappa shape index (κ3) is 6.65. The summed E-state index contributed by atoms with van der Waals surface area (Å²) in [5.74, 6) is 0.960. The number of rotatable bonds is 8. The molecule has 0 saturated heterocycles. The number of carbonyl (C=O) groups is 1. The Morgan fingerprint density at radius 3 is 2.51 bits per heavy atom. The van der Waals surface area contributed by atoms with Crippen molar-refractivity contribution in [2.24, 2.45) is 5.92 Å². The summed E-state index contributed by atoms with van der Waals surface area (Å²) in [6, 6.07) is 10.7. The molecule has 3 atom stereocenters. The van der Waals surface area contributed by atoms with Crippen molar-refractivity contribution < 1.29 is 27.8 Å². The SMILES string of the molecule is COc1ccc(S(=O)(=O)Nc2ccc3c(c2)CC(=O)N([C@H](C)CO)C[C@@H](C)[C@H](CN(C)C)O3)cc1. The third-order valence-corrected chi connectivity index (χ3v) is 7.48. The van der Waals surface area contributed by atoms with Gasteiger partial charge < -0.3 is 24.4 Å². The number of likely N-dealkylation sites (N-methyl/N-ethyl adjacent to an activating group) is 1. The van der Waals surface area contributed by atoms with Gasteiger partial charge in [0.2, 0.25) is 5.91 Å². The van der Waals surface area contributed by atoms with E-state index in [0.717, 1.165) is 0 Å². The predicted octanol–water partition coefficient (Wildman–Crippen LogP) is 2.21. The number of nitrogens with zero attached hydrogens (tertiary/aromatic N) is 2. The fourth-order valence-electron chi connectivity index (χ4n) is 4.04. The number of methoxy groups -OCH3 is 1. The molecule has 2 aromatic rings. The van der Waals surface area contributed by atoms with Crippen LogP contribution in [0.15, 0.2) is 47.4 Å². The Morgan fingerprint density at radius 1 is 1.23 bits per heavy atom. The largest absolute Gasteiger partial charge is 0.497 e. The van der Waals surface area contributed by atoms with E-state index in [4.69, 9.17) is 9.47 Å². The second-order valence-electron chi connectivity index (χ2n) is 9.25. The fraction of sp³-hybridized carbons (Fsp3) is 0.480. The van der Waals surface area contributed by atoms with Gasteiger partial charge in [0.05, 0.1) is 31.1 Å². The van der Waals surface area contributed by atoms with E-state index in [-0.39, 0.29) is 41.9 Å². The molecule has 2 aromatic carbocycles. The van der Waals surface area contributed by atoms with E-state index >= 15 is 0 Å².